The van der Waals surface area contributed by atoms with Crippen LogP contribution in [0.4, 0.5) is 20.0 Å². The zero-order valence-electron chi connectivity index (χ0n) is 12.5. The molecule has 5 nitrogen and oxygen atoms in total. The van der Waals surface area contributed by atoms with Gasteiger partial charge in [0.1, 0.15) is 11.3 Å². The zero-order chi connectivity index (χ0) is 16.7. The van der Waals surface area contributed by atoms with Gasteiger partial charge in [-0.15, -0.1) is 11.3 Å². The number of hydrogen-bond acceptors (Lipinski definition) is 5. The van der Waals surface area contributed by atoms with Gasteiger partial charge in [0.15, 0.2) is 5.13 Å². The van der Waals surface area contributed by atoms with Crippen molar-refractivity contribution in [2.45, 2.75) is 6.92 Å². The van der Waals surface area contributed by atoms with Crippen molar-refractivity contribution in [2.75, 3.05) is 10.6 Å². The Morgan fingerprint density at radius 2 is 1.92 bits per heavy atom. The Labute approximate surface area is 144 Å². The lowest BCUT2D eigenvalue weighted by molar-refractivity contribution is 0.262. The summed E-state index contributed by atoms with van der Waals surface area (Å²) < 4.78 is 15.6. The molecule has 120 valence electrons. The van der Waals surface area contributed by atoms with Crippen molar-refractivity contribution >= 4 is 60.0 Å². The lowest BCUT2D eigenvalue weighted by Gasteiger charge is -2.05. The largest absolute Gasteiger partial charge is 0.325 e. The summed E-state index contributed by atoms with van der Waals surface area (Å²) in [7, 11) is 0. The lowest BCUT2D eigenvalue weighted by atomic mass is 10.3. The van der Waals surface area contributed by atoms with Crippen molar-refractivity contribution < 1.29 is 9.18 Å². The van der Waals surface area contributed by atoms with E-state index in [1.807, 2.05) is 19.1 Å². The number of carbonyl (C=O) groups excluding carboxylic acids is 1. The highest BCUT2D eigenvalue weighted by Gasteiger charge is 2.13. The Morgan fingerprint density at radius 3 is 2.75 bits per heavy atom. The van der Waals surface area contributed by atoms with E-state index in [4.69, 9.17) is 0 Å². The van der Waals surface area contributed by atoms with E-state index in [9.17, 15) is 9.18 Å². The number of nitrogens with one attached hydrogen (secondary N) is 2. The summed E-state index contributed by atoms with van der Waals surface area (Å²) in [4.78, 5) is 21.0. The van der Waals surface area contributed by atoms with Crippen LogP contribution in [0.1, 0.15) is 5.01 Å². The summed E-state index contributed by atoms with van der Waals surface area (Å²) in [6.07, 6.45) is 0. The molecule has 0 saturated carbocycles. The van der Waals surface area contributed by atoms with Gasteiger partial charge in [-0.25, -0.2) is 19.2 Å². The Morgan fingerprint density at radius 1 is 1.08 bits per heavy atom. The number of urea groups is 1. The molecule has 2 heterocycles. The van der Waals surface area contributed by atoms with Gasteiger partial charge in [0.25, 0.3) is 0 Å². The quantitative estimate of drug-likeness (QED) is 0.530. The third-order valence-electron chi connectivity index (χ3n) is 3.36. The second-order valence-corrected chi connectivity index (χ2v) is 7.31. The van der Waals surface area contributed by atoms with Crippen molar-refractivity contribution in [3.63, 3.8) is 0 Å². The summed E-state index contributed by atoms with van der Waals surface area (Å²) in [5, 5.41) is 6.54. The van der Waals surface area contributed by atoms with E-state index in [0.717, 1.165) is 25.4 Å². The molecule has 0 aliphatic carbocycles. The highest BCUT2D eigenvalue weighted by atomic mass is 32.1. The molecule has 2 aromatic carbocycles. The first-order chi connectivity index (χ1) is 11.6. The zero-order valence-corrected chi connectivity index (χ0v) is 14.1. The van der Waals surface area contributed by atoms with E-state index in [0.29, 0.717) is 5.13 Å². The van der Waals surface area contributed by atoms with Crippen LogP contribution in [0.5, 0.6) is 0 Å². The number of thiazole rings is 2. The molecule has 8 heteroatoms. The van der Waals surface area contributed by atoms with Crippen molar-refractivity contribution in [3.05, 3.63) is 47.2 Å². The van der Waals surface area contributed by atoms with E-state index in [1.54, 1.807) is 23.5 Å². The van der Waals surface area contributed by atoms with Gasteiger partial charge in [-0.05, 0) is 31.2 Å². The second-order valence-electron chi connectivity index (χ2n) is 5.07. The van der Waals surface area contributed by atoms with Crippen LogP contribution >= 0.6 is 22.7 Å². The number of benzene rings is 2. The SMILES string of the molecule is Cc1nc2c(ccc3nc(NC(=O)Nc4ccccc4F)sc32)s1. The molecule has 0 radical (unpaired) electrons. The van der Waals surface area contributed by atoms with Crippen LogP contribution in [0.3, 0.4) is 0 Å². The molecule has 2 aromatic heterocycles. The number of para-hydroxylation sites is 1. The van der Waals surface area contributed by atoms with E-state index < -0.39 is 11.8 Å². The predicted octanol–water partition coefficient (Wildman–Crippen LogP) is 5.00. The number of hydrogen-bond donors (Lipinski definition) is 2. The molecular formula is C16H11FN4OS2. The first kappa shape index (κ1) is 15.0. The van der Waals surface area contributed by atoms with Gasteiger partial charge in [0, 0.05) is 0 Å². The number of anilines is 2. The molecule has 0 saturated heterocycles. The summed E-state index contributed by atoms with van der Waals surface area (Å²) in [5.41, 5.74) is 1.79. The number of fused-ring (bicyclic) bond motifs is 3. The van der Waals surface area contributed by atoms with Crippen molar-refractivity contribution in [1.29, 1.82) is 0 Å². The number of nitrogens with zero attached hydrogens (tertiary/aromatic N) is 2. The van der Waals surface area contributed by atoms with Gasteiger partial charge in [-0.3, -0.25) is 5.32 Å². The molecule has 0 bridgehead atoms. The third-order valence-corrected chi connectivity index (χ3v) is 5.29. The van der Waals surface area contributed by atoms with Crippen LogP contribution in [-0.4, -0.2) is 16.0 Å². The van der Waals surface area contributed by atoms with E-state index >= 15 is 0 Å². The number of halogens is 1. The monoisotopic (exact) mass is 358 g/mol. The minimum atomic E-state index is -0.537. The number of aromatic nitrogens is 2. The Kier molecular flexibility index (Phi) is 3.62. The molecule has 24 heavy (non-hydrogen) atoms. The van der Waals surface area contributed by atoms with Gasteiger partial charge >= 0.3 is 6.03 Å². The van der Waals surface area contributed by atoms with Gasteiger partial charge in [0.05, 0.1) is 25.6 Å². The summed E-state index contributed by atoms with van der Waals surface area (Å²) in [6.45, 7) is 1.96. The lowest BCUT2D eigenvalue weighted by Crippen LogP contribution is -2.19. The maximum atomic E-state index is 13.6. The molecule has 0 aliphatic heterocycles. The van der Waals surface area contributed by atoms with Crippen molar-refractivity contribution in [2.24, 2.45) is 0 Å². The minimum absolute atomic E-state index is 0.119. The van der Waals surface area contributed by atoms with Crippen LogP contribution in [0.25, 0.3) is 20.4 Å². The second kappa shape index (κ2) is 5.81. The number of rotatable bonds is 2. The molecular weight excluding hydrogens is 347 g/mol. The van der Waals surface area contributed by atoms with Crippen LogP contribution < -0.4 is 10.6 Å². The Balaban J connectivity index is 1.61. The summed E-state index contributed by atoms with van der Waals surface area (Å²) in [5.74, 6) is -0.489. The average Bonchev–Trinajstić information content (AvgIpc) is 3.11. The standard InChI is InChI=1S/C16H11FN4OS2/c1-8-18-13-12(23-8)7-6-11-14(13)24-16(20-11)21-15(22)19-10-5-3-2-4-9(10)17/h2-7H,1H3,(H2,19,20,21,22). The van der Waals surface area contributed by atoms with Crippen LogP contribution in [0, 0.1) is 12.7 Å². The summed E-state index contributed by atoms with van der Waals surface area (Å²) in [6, 6.07) is 9.34. The van der Waals surface area contributed by atoms with Gasteiger partial charge in [-0.1, -0.05) is 23.5 Å². The molecule has 0 fully saturated rings. The van der Waals surface area contributed by atoms with Gasteiger partial charge < -0.3 is 5.32 Å². The molecule has 0 aliphatic rings. The molecule has 4 rings (SSSR count). The molecule has 4 aromatic rings. The Bertz CT molecular complexity index is 1070. The highest BCUT2D eigenvalue weighted by molar-refractivity contribution is 7.24. The van der Waals surface area contributed by atoms with Crippen LogP contribution in [-0.2, 0) is 0 Å². The molecule has 0 atom stereocenters. The number of aryl methyl sites for hydroxylation is 1. The first-order valence-corrected chi connectivity index (χ1v) is 8.73. The molecule has 2 amide bonds. The van der Waals surface area contributed by atoms with E-state index in [2.05, 4.69) is 20.6 Å². The fourth-order valence-electron chi connectivity index (χ4n) is 2.35. The summed E-state index contributed by atoms with van der Waals surface area (Å²) >= 11 is 2.97. The fourth-order valence-corrected chi connectivity index (χ4v) is 4.21. The van der Waals surface area contributed by atoms with Crippen molar-refractivity contribution in [3.8, 4) is 0 Å². The topological polar surface area (TPSA) is 66.9 Å². The Hall–Kier alpha value is -2.58. The predicted molar refractivity (Wildman–Crippen MR) is 96.6 cm³/mol. The van der Waals surface area contributed by atoms with Crippen LogP contribution in [0.2, 0.25) is 0 Å². The average molecular weight is 358 g/mol. The normalized spacial score (nSPS) is 11.1. The third kappa shape index (κ3) is 2.70. The van der Waals surface area contributed by atoms with Gasteiger partial charge in [-0.2, -0.15) is 0 Å². The van der Waals surface area contributed by atoms with Crippen molar-refractivity contribution in [1.82, 2.24) is 9.97 Å². The number of carbonyl (C=O) groups is 1. The molecule has 2 N–H and O–H groups in total. The van der Waals surface area contributed by atoms with E-state index in [-0.39, 0.29) is 5.69 Å². The van der Waals surface area contributed by atoms with Gasteiger partial charge in [0.2, 0.25) is 0 Å². The maximum absolute atomic E-state index is 13.6. The van der Waals surface area contributed by atoms with Crippen LogP contribution in [0.15, 0.2) is 36.4 Å². The molecule has 0 unspecified atom stereocenters. The molecule has 0 spiro atoms. The first-order valence-electron chi connectivity index (χ1n) is 7.09. The highest BCUT2D eigenvalue weighted by Crippen LogP contribution is 2.34. The minimum Gasteiger partial charge on any atom is -0.305 e. The fraction of sp³-hybridized carbons (Fsp3) is 0.0625. The number of amides is 2. The maximum Gasteiger partial charge on any atom is 0.325 e. The smallest absolute Gasteiger partial charge is 0.305 e. The van der Waals surface area contributed by atoms with E-state index in [1.165, 1.54) is 23.5 Å².